The smallest absolute Gasteiger partial charge is 0.331 e. The van der Waals surface area contributed by atoms with Crippen LogP contribution >= 0.6 is 0 Å². The maximum absolute atomic E-state index is 11.0. The average molecular weight is 224 g/mol. The zero-order chi connectivity index (χ0) is 12.0. The predicted octanol–water partition coefficient (Wildman–Crippen LogP) is 4.01. The second-order valence-corrected chi connectivity index (χ2v) is 4.98. The van der Waals surface area contributed by atoms with Crippen LogP contribution in [0.25, 0.3) is 0 Å². The van der Waals surface area contributed by atoms with E-state index in [1.807, 2.05) is 0 Å². The van der Waals surface area contributed by atoms with Gasteiger partial charge in [-0.25, -0.2) is 4.79 Å². The third-order valence-corrected chi connectivity index (χ3v) is 3.81. The topological polar surface area (TPSA) is 37.3 Å². The van der Waals surface area contributed by atoms with Crippen molar-refractivity contribution in [1.82, 2.24) is 0 Å². The summed E-state index contributed by atoms with van der Waals surface area (Å²) in [5.74, 6) is -0.00618. The molecule has 16 heavy (non-hydrogen) atoms. The third-order valence-electron chi connectivity index (χ3n) is 3.81. The second kappa shape index (κ2) is 6.72. The molecule has 1 unspecified atom stereocenters. The standard InChI is InChI=1S/C14H24O2/c1-3-4-10-13(11(2)14(15)16)12-8-6-5-7-9-12/h12-13H,2-10H2,1H3,(H,15,16). The molecule has 1 aliphatic carbocycles. The van der Waals surface area contributed by atoms with Gasteiger partial charge in [0.05, 0.1) is 0 Å². The van der Waals surface area contributed by atoms with Crippen molar-refractivity contribution < 1.29 is 9.90 Å². The lowest BCUT2D eigenvalue weighted by Crippen LogP contribution is -2.23. The summed E-state index contributed by atoms with van der Waals surface area (Å²) in [5.41, 5.74) is 0.445. The molecule has 2 nitrogen and oxygen atoms in total. The van der Waals surface area contributed by atoms with Gasteiger partial charge in [-0.3, -0.25) is 0 Å². The number of carbonyl (C=O) groups is 1. The number of unbranched alkanes of at least 4 members (excludes halogenated alkanes) is 1. The van der Waals surface area contributed by atoms with E-state index in [9.17, 15) is 4.79 Å². The van der Waals surface area contributed by atoms with Crippen molar-refractivity contribution in [2.24, 2.45) is 11.8 Å². The van der Waals surface area contributed by atoms with Gasteiger partial charge in [-0.1, -0.05) is 45.6 Å². The van der Waals surface area contributed by atoms with E-state index in [0.717, 1.165) is 19.3 Å². The van der Waals surface area contributed by atoms with Gasteiger partial charge in [0.15, 0.2) is 0 Å². The molecule has 1 N–H and O–H groups in total. The molecule has 0 radical (unpaired) electrons. The molecule has 0 aromatic heterocycles. The van der Waals surface area contributed by atoms with Gasteiger partial charge in [0.1, 0.15) is 0 Å². The molecular weight excluding hydrogens is 200 g/mol. The quantitative estimate of drug-likeness (QED) is 0.692. The Hall–Kier alpha value is -0.790. The van der Waals surface area contributed by atoms with Crippen LogP contribution in [0.15, 0.2) is 12.2 Å². The normalized spacial score (nSPS) is 19.3. The van der Waals surface area contributed by atoms with E-state index in [1.54, 1.807) is 0 Å². The summed E-state index contributed by atoms with van der Waals surface area (Å²) in [6, 6.07) is 0. The fraction of sp³-hybridized carbons (Fsp3) is 0.786. The van der Waals surface area contributed by atoms with Crippen LogP contribution in [0.5, 0.6) is 0 Å². The fourth-order valence-corrected chi connectivity index (χ4v) is 2.81. The first-order valence-electron chi connectivity index (χ1n) is 6.59. The van der Waals surface area contributed by atoms with E-state index in [-0.39, 0.29) is 5.92 Å². The van der Waals surface area contributed by atoms with Gasteiger partial charge in [-0.2, -0.15) is 0 Å². The summed E-state index contributed by atoms with van der Waals surface area (Å²) < 4.78 is 0. The minimum atomic E-state index is -0.799. The molecule has 1 fully saturated rings. The Morgan fingerprint density at radius 3 is 2.50 bits per heavy atom. The van der Waals surface area contributed by atoms with Crippen LogP contribution < -0.4 is 0 Å². The molecule has 1 atom stereocenters. The molecule has 0 heterocycles. The zero-order valence-electron chi connectivity index (χ0n) is 10.4. The number of hydrogen-bond acceptors (Lipinski definition) is 1. The maximum Gasteiger partial charge on any atom is 0.331 e. The molecule has 1 saturated carbocycles. The number of carboxylic acids is 1. The summed E-state index contributed by atoms with van der Waals surface area (Å²) >= 11 is 0. The molecule has 0 aromatic rings. The van der Waals surface area contributed by atoms with E-state index in [4.69, 9.17) is 5.11 Å². The summed E-state index contributed by atoms with van der Waals surface area (Å²) in [6.07, 6.45) is 9.49. The van der Waals surface area contributed by atoms with Gasteiger partial charge < -0.3 is 5.11 Å². The van der Waals surface area contributed by atoms with Crippen molar-refractivity contribution in [2.45, 2.75) is 58.3 Å². The lowest BCUT2D eigenvalue weighted by molar-refractivity contribution is -0.133. The van der Waals surface area contributed by atoms with Crippen molar-refractivity contribution >= 4 is 5.97 Å². The Bertz CT molecular complexity index is 239. The van der Waals surface area contributed by atoms with Gasteiger partial charge in [-0.05, 0) is 31.1 Å². The highest BCUT2D eigenvalue weighted by atomic mass is 16.4. The molecule has 0 aromatic carbocycles. The molecule has 2 heteroatoms. The van der Waals surface area contributed by atoms with Gasteiger partial charge in [0.2, 0.25) is 0 Å². The van der Waals surface area contributed by atoms with Crippen LogP contribution in [0.3, 0.4) is 0 Å². The van der Waals surface area contributed by atoms with Crippen LogP contribution in [0, 0.1) is 11.8 Å². The molecule has 1 aliphatic rings. The highest BCUT2D eigenvalue weighted by Gasteiger charge is 2.28. The van der Waals surface area contributed by atoms with E-state index >= 15 is 0 Å². The van der Waals surface area contributed by atoms with Crippen molar-refractivity contribution in [1.29, 1.82) is 0 Å². The molecule has 1 rings (SSSR count). The first-order valence-corrected chi connectivity index (χ1v) is 6.59. The average Bonchev–Trinajstić information content (AvgIpc) is 2.30. The van der Waals surface area contributed by atoms with Crippen LogP contribution in [0.1, 0.15) is 58.3 Å². The number of hydrogen-bond donors (Lipinski definition) is 1. The predicted molar refractivity (Wildman–Crippen MR) is 66.4 cm³/mol. The number of aliphatic carboxylic acids is 1. The highest BCUT2D eigenvalue weighted by Crippen LogP contribution is 2.36. The lowest BCUT2D eigenvalue weighted by Gasteiger charge is -2.30. The largest absolute Gasteiger partial charge is 0.478 e. The second-order valence-electron chi connectivity index (χ2n) is 4.98. The Balaban J connectivity index is 2.61. The molecule has 0 spiro atoms. The number of rotatable bonds is 6. The molecule has 0 aliphatic heterocycles. The first-order chi connectivity index (χ1) is 7.66. The van der Waals surface area contributed by atoms with Gasteiger partial charge in [-0.15, -0.1) is 0 Å². The van der Waals surface area contributed by atoms with E-state index in [1.165, 1.54) is 32.1 Å². The Morgan fingerprint density at radius 1 is 1.38 bits per heavy atom. The van der Waals surface area contributed by atoms with Crippen molar-refractivity contribution in [3.05, 3.63) is 12.2 Å². The minimum Gasteiger partial charge on any atom is -0.478 e. The monoisotopic (exact) mass is 224 g/mol. The Kier molecular flexibility index (Phi) is 5.58. The summed E-state index contributed by atoms with van der Waals surface area (Å²) in [6.45, 7) is 5.94. The SMILES string of the molecule is C=C(C(=O)O)C(CCCC)C1CCCCC1. The Labute approximate surface area is 98.7 Å². The molecular formula is C14H24O2. The van der Waals surface area contributed by atoms with E-state index in [0.29, 0.717) is 11.5 Å². The fourth-order valence-electron chi connectivity index (χ4n) is 2.81. The zero-order valence-corrected chi connectivity index (χ0v) is 10.4. The highest BCUT2D eigenvalue weighted by molar-refractivity contribution is 5.86. The Morgan fingerprint density at radius 2 is 2.00 bits per heavy atom. The molecule has 0 amide bonds. The molecule has 0 saturated heterocycles. The van der Waals surface area contributed by atoms with Gasteiger partial charge >= 0.3 is 5.97 Å². The van der Waals surface area contributed by atoms with Crippen LogP contribution in [0.4, 0.5) is 0 Å². The summed E-state index contributed by atoms with van der Waals surface area (Å²) in [5, 5.41) is 9.08. The third kappa shape index (κ3) is 3.66. The van der Waals surface area contributed by atoms with Crippen LogP contribution in [0.2, 0.25) is 0 Å². The molecule has 0 bridgehead atoms. The van der Waals surface area contributed by atoms with E-state index in [2.05, 4.69) is 13.5 Å². The number of carboxylic acid groups (broad SMARTS) is 1. The lowest BCUT2D eigenvalue weighted by atomic mass is 9.75. The maximum atomic E-state index is 11.0. The van der Waals surface area contributed by atoms with Crippen molar-refractivity contribution in [3.8, 4) is 0 Å². The van der Waals surface area contributed by atoms with Crippen molar-refractivity contribution in [3.63, 3.8) is 0 Å². The van der Waals surface area contributed by atoms with Gasteiger partial charge in [0, 0.05) is 5.57 Å². The molecule has 92 valence electrons. The summed E-state index contributed by atoms with van der Waals surface area (Å²) in [7, 11) is 0. The van der Waals surface area contributed by atoms with Crippen LogP contribution in [-0.2, 0) is 4.79 Å². The first kappa shape index (κ1) is 13.3. The van der Waals surface area contributed by atoms with Crippen molar-refractivity contribution in [2.75, 3.05) is 0 Å². The minimum absolute atomic E-state index is 0.220. The van der Waals surface area contributed by atoms with Crippen LogP contribution in [-0.4, -0.2) is 11.1 Å². The van der Waals surface area contributed by atoms with E-state index < -0.39 is 5.97 Å². The summed E-state index contributed by atoms with van der Waals surface area (Å²) in [4.78, 5) is 11.0. The van der Waals surface area contributed by atoms with Gasteiger partial charge in [0.25, 0.3) is 0 Å².